The molecular weight excluding hydrogens is 549 g/mol. The smallest absolute Gasteiger partial charge is 0.186 e. The summed E-state index contributed by atoms with van der Waals surface area (Å²) in [6.07, 6.45) is 3.36. The van der Waals surface area contributed by atoms with Crippen molar-refractivity contribution in [1.29, 1.82) is 0 Å². The van der Waals surface area contributed by atoms with Crippen molar-refractivity contribution < 1.29 is 8.83 Å². The van der Waals surface area contributed by atoms with Gasteiger partial charge < -0.3 is 19.5 Å². The number of thiazole rings is 1. The summed E-state index contributed by atoms with van der Waals surface area (Å²) in [5.41, 5.74) is 9.79. The second kappa shape index (κ2) is 11.2. The van der Waals surface area contributed by atoms with E-state index in [9.17, 15) is 0 Å². The lowest BCUT2D eigenvalue weighted by molar-refractivity contribution is 0.204. The fraction of sp³-hybridized carbons (Fsp3) is 0.258. The zero-order valence-corrected chi connectivity index (χ0v) is 23.9. The van der Waals surface area contributed by atoms with Crippen LogP contribution in [0.4, 0.5) is 5.13 Å². The van der Waals surface area contributed by atoms with Crippen LogP contribution in [0, 0.1) is 5.92 Å². The summed E-state index contributed by atoms with van der Waals surface area (Å²) in [7, 11) is 0. The number of hydrogen-bond acceptors (Lipinski definition) is 6. The average Bonchev–Trinajstić information content (AvgIpc) is 3.64. The normalized spacial score (nSPS) is 14.5. The van der Waals surface area contributed by atoms with Gasteiger partial charge >= 0.3 is 0 Å². The van der Waals surface area contributed by atoms with Crippen molar-refractivity contribution in [2.75, 3.05) is 18.0 Å². The van der Waals surface area contributed by atoms with E-state index in [1.165, 1.54) is 4.70 Å². The lowest BCUT2D eigenvalue weighted by atomic mass is 9.73. The Hall–Kier alpha value is -3.03. The van der Waals surface area contributed by atoms with Gasteiger partial charge in [-0.3, -0.25) is 0 Å². The quantitative estimate of drug-likeness (QED) is 0.216. The van der Waals surface area contributed by atoms with Crippen LogP contribution in [-0.4, -0.2) is 23.6 Å². The van der Waals surface area contributed by atoms with Gasteiger partial charge in [0.1, 0.15) is 22.7 Å². The molecular formula is C31H31Cl2N3O2S. The molecule has 2 N–H and O–H groups in total. The first-order chi connectivity index (χ1) is 18.1. The van der Waals surface area contributed by atoms with Crippen molar-refractivity contribution in [2.45, 2.75) is 31.2 Å². The molecule has 3 aromatic heterocycles. The zero-order valence-electron chi connectivity index (χ0n) is 21.4. The molecule has 0 spiro atoms. The molecule has 1 aliphatic heterocycles. The van der Waals surface area contributed by atoms with Crippen LogP contribution in [0.5, 0.6) is 0 Å². The predicted octanol–water partition coefficient (Wildman–Crippen LogP) is 8.03. The fourth-order valence-electron chi connectivity index (χ4n) is 5.89. The number of piperidine rings is 1. The first kappa shape index (κ1) is 27.5. The van der Waals surface area contributed by atoms with Crippen LogP contribution in [-0.2, 0) is 12.8 Å². The number of anilines is 1. The second-order valence-corrected chi connectivity index (χ2v) is 11.3. The molecule has 4 heterocycles. The first-order valence-corrected chi connectivity index (χ1v) is 13.8. The highest BCUT2D eigenvalue weighted by atomic mass is 35.5. The maximum Gasteiger partial charge on any atom is 0.186 e. The van der Waals surface area contributed by atoms with Crippen LogP contribution in [0.1, 0.15) is 24.4 Å². The Labute approximate surface area is 243 Å². The van der Waals surface area contributed by atoms with Crippen LogP contribution >= 0.6 is 36.2 Å². The number of nitrogens with zero attached hydrogens (tertiary/aromatic N) is 2. The number of hydrogen-bond donors (Lipinski definition) is 1. The van der Waals surface area contributed by atoms with Gasteiger partial charge in [0.15, 0.2) is 5.13 Å². The molecule has 1 aliphatic rings. The number of fused-ring (bicyclic) bond motifs is 3. The van der Waals surface area contributed by atoms with E-state index in [-0.39, 0.29) is 24.8 Å². The van der Waals surface area contributed by atoms with Crippen molar-refractivity contribution in [1.82, 2.24) is 4.98 Å². The molecule has 0 aliphatic carbocycles. The molecule has 0 amide bonds. The van der Waals surface area contributed by atoms with Gasteiger partial charge in [0.2, 0.25) is 0 Å². The Bertz CT molecular complexity index is 1530. The van der Waals surface area contributed by atoms with E-state index in [0.717, 1.165) is 70.0 Å². The second-order valence-electron chi connectivity index (χ2n) is 10.3. The van der Waals surface area contributed by atoms with E-state index in [0.29, 0.717) is 18.8 Å². The van der Waals surface area contributed by atoms with E-state index in [1.54, 1.807) is 11.3 Å². The molecule has 0 atom stereocenters. The highest BCUT2D eigenvalue weighted by Gasteiger charge is 2.39. The minimum absolute atomic E-state index is 0. The third-order valence-corrected chi connectivity index (χ3v) is 8.92. The Balaban J connectivity index is 0.00000154. The summed E-state index contributed by atoms with van der Waals surface area (Å²) >= 11 is 1.78. The van der Waals surface area contributed by atoms with Crippen LogP contribution < -0.4 is 10.6 Å². The van der Waals surface area contributed by atoms with Gasteiger partial charge in [0.25, 0.3) is 0 Å². The molecule has 8 heteroatoms. The summed E-state index contributed by atoms with van der Waals surface area (Å²) in [5.74, 6) is 2.21. The van der Waals surface area contributed by atoms with Gasteiger partial charge in [0, 0.05) is 42.2 Å². The van der Waals surface area contributed by atoms with Crippen molar-refractivity contribution in [3.05, 3.63) is 96.4 Å². The zero-order chi connectivity index (χ0) is 24.8. The monoisotopic (exact) mass is 579 g/mol. The topological polar surface area (TPSA) is 68.4 Å². The van der Waals surface area contributed by atoms with Gasteiger partial charge in [-0.1, -0.05) is 59.9 Å². The number of benzene rings is 3. The van der Waals surface area contributed by atoms with Crippen LogP contribution in [0.15, 0.2) is 93.8 Å². The van der Waals surface area contributed by atoms with Crippen molar-refractivity contribution >= 4 is 73.4 Å². The Morgan fingerprint density at radius 2 is 1.33 bits per heavy atom. The molecule has 7 rings (SSSR count). The highest BCUT2D eigenvalue weighted by molar-refractivity contribution is 7.22. The van der Waals surface area contributed by atoms with E-state index in [4.69, 9.17) is 19.6 Å². The summed E-state index contributed by atoms with van der Waals surface area (Å²) in [6.45, 7) is 1.90. The van der Waals surface area contributed by atoms with Crippen LogP contribution in [0.3, 0.4) is 0 Å². The summed E-state index contributed by atoms with van der Waals surface area (Å²) in [5, 5.41) is 3.35. The average molecular weight is 581 g/mol. The maximum atomic E-state index is 7.37. The van der Waals surface area contributed by atoms with Gasteiger partial charge in [-0.2, -0.15) is 0 Å². The third-order valence-electron chi connectivity index (χ3n) is 7.82. The van der Waals surface area contributed by atoms with Crippen molar-refractivity contribution in [3.8, 4) is 0 Å². The number of nitrogens with two attached hydrogens (primary N) is 1. The lowest BCUT2D eigenvalue weighted by Gasteiger charge is -2.42. The summed E-state index contributed by atoms with van der Waals surface area (Å²) < 4.78 is 13.7. The highest BCUT2D eigenvalue weighted by Crippen LogP contribution is 2.37. The van der Waals surface area contributed by atoms with Crippen LogP contribution in [0.25, 0.3) is 32.2 Å². The molecule has 1 fully saturated rings. The Morgan fingerprint density at radius 1 is 0.795 bits per heavy atom. The standard InChI is InChI=1S/C31H29N3O2S.2ClH/c32-31(19-24-17-21-7-1-4-10-27(21)35-24,20-25-18-22-8-2-5-11-28(22)36-25)23-13-15-34(16-14-23)30-33-26-9-3-6-12-29(26)37-30;;/h1-12,17-18,23H,13-16,19-20,32H2;2*1H. The van der Waals surface area contributed by atoms with Gasteiger partial charge in [-0.15, -0.1) is 24.8 Å². The molecule has 202 valence electrons. The van der Waals surface area contributed by atoms with Crippen molar-refractivity contribution in [3.63, 3.8) is 0 Å². The van der Waals surface area contributed by atoms with E-state index in [1.807, 2.05) is 36.4 Å². The molecule has 0 radical (unpaired) electrons. The van der Waals surface area contributed by atoms with Crippen molar-refractivity contribution in [2.24, 2.45) is 11.7 Å². The fourth-order valence-corrected chi connectivity index (χ4v) is 6.91. The maximum absolute atomic E-state index is 7.37. The van der Waals surface area contributed by atoms with E-state index < -0.39 is 5.54 Å². The Morgan fingerprint density at radius 3 is 1.90 bits per heavy atom. The lowest BCUT2D eigenvalue weighted by Crippen LogP contribution is -2.54. The largest absolute Gasteiger partial charge is 0.461 e. The molecule has 39 heavy (non-hydrogen) atoms. The third kappa shape index (κ3) is 5.39. The van der Waals surface area contributed by atoms with E-state index >= 15 is 0 Å². The Kier molecular flexibility index (Phi) is 7.92. The van der Waals surface area contributed by atoms with Crippen LogP contribution in [0.2, 0.25) is 0 Å². The first-order valence-electron chi connectivity index (χ1n) is 13.0. The molecule has 3 aromatic carbocycles. The predicted molar refractivity (Wildman–Crippen MR) is 166 cm³/mol. The van der Waals surface area contributed by atoms with Gasteiger partial charge in [-0.05, 0) is 55.2 Å². The number of halogens is 2. The number of para-hydroxylation sites is 3. The molecule has 5 nitrogen and oxygen atoms in total. The van der Waals surface area contributed by atoms with Gasteiger partial charge in [0.05, 0.1) is 10.2 Å². The number of aromatic nitrogens is 1. The molecule has 0 unspecified atom stereocenters. The summed E-state index contributed by atoms with van der Waals surface area (Å²) in [4.78, 5) is 7.31. The molecule has 0 saturated carbocycles. The van der Waals surface area contributed by atoms with Gasteiger partial charge in [-0.25, -0.2) is 4.98 Å². The summed E-state index contributed by atoms with van der Waals surface area (Å²) in [6, 6.07) is 29.0. The minimum atomic E-state index is -0.485. The van der Waals surface area contributed by atoms with E-state index in [2.05, 4.69) is 53.4 Å². The molecule has 1 saturated heterocycles. The number of rotatable bonds is 6. The number of furan rings is 2. The minimum Gasteiger partial charge on any atom is -0.461 e. The molecule has 6 aromatic rings. The SMILES string of the molecule is Cl.Cl.NC(Cc1cc2ccccc2o1)(Cc1cc2ccccc2o1)C1CCN(c2nc3ccccc3s2)CC1. The molecule has 0 bridgehead atoms.